The molecule has 1 aliphatic rings. The quantitative estimate of drug-likeness (QED) is 0.428. The summed E-state index contributed by atoms with van der Waals surface area (Å²) in [5.41, 5.74) is 11.4. The maximum Gasteiger partial charge on any atom is 0.141 e. The van der Waals surface area contributed by atoms with E-state index in [1.165, 1.54) is 38.8 Å². The SMILES string of the molecule is C[N+](C)(CCCN)C1CCCCC1[N+](C)(C)CCCN.[Cl-].[Cl-]. The molecule has 1 fully saturated rings. The van der Waals surface area contributed by atoms with Gasteiger partial charge in [-0.25, -0.2) is 0 Å². The molecule has 0 aromatic heterocycles. The summed E-state index contributed by atoms with van der Waals surface area (Å²) in [6.07, 6.45) is 7.78. The van der Waals surface area contributed by atoms with E-state index in [1.54, 1.807) is 0 Å². The van der Waals surface area contributed by atoms with Crippen LogP contribution in [0.25, 0.3) is 0 Å². The van der Waals surface area contributed by atoms with E-state index in [-0.39, 0.29) is 24.8 Å². The Morgan fingerprint density at radius 1 is 0.727 bits per heavy atom. The van der Waals surface area contributed by atoms with E-state index in [9.17, 15) is 0 Å². The smallest absolute Gasteiger partial charge is 0.141 e. The molecule has 136 valence electrons. The summed E-state index contributed by atoms with van der Waals surface area (Å²) in [6.45, 7) is 4.03. The van der Waals surface area contributed by atoms with Crippen molar-refractivity contribution >= 4 is 0 Å². The fraction of sp³-hybridized carbons (Fsp3) is 1.00. The summed E-state index contributed by atoms with van der Waals surface area (Å²) < 4.78 is 2.26. The van der Waals surface area contributed by atoms with Gasteiger partial charge in [0.1, 0.15) is 12.1 Å². The fourth-order valence-electron chi connectivity index (χ4n) is 4.05. The minimum absolute atomic E-state index is 0. The van der Waals surface area contributed by atoms with E-state index in [2.05, 4.69) is 28.2 Å². The summed E-state index contributed by atoms with van der Waals surface area (Å²) >= 11 is 0. The molecular formula is C16H38Cl2N4. The average molecular weight is 357 g/mol. The summed E-state index contributed by atoms with van der Waals surface area (Å²) in [6, 6.07) is 1.53. The minimum atomic E-state index is 0. The highest BCUT2D eigenvalue weighted by atomic mass is 35.5. The van der Waals surface area contributed by atoms with E-state index in [0.717, 1.165) is 47.0 Å². The highest BCUT2D eigenvalue weighted by Gasteiger charge is 2.45. The summed E-state index contributed by atoms with van der Waals surface area (Å²) in [5.74, 6) is 0. The van der Waals surface area contributed by atoms with E-state index < -0.39 is 0 Å². The third-order valence-corrected chi connectivity index (χ3v) is 5.37. The summed E-state index contributed by atoms with van der Waals surface area (Å²) in [7, 11) is 9.62. The van der Waals surface area contributed by atoms with E-state index in [1.807, 2.05) is 0 Å². The van der Waals surface area contributed by atoms with Crippen molar-refractivity contribution in [1.29, 1.82) is 0 Å². The van der Waals surface area contributed by atoms with E-state index >= 15 is 0 Å². The lowest BCUT2D eigenvalue weighted by atomic mass is 9.85. The minimum Gasteiger partial charge on any atom is -1.00 e. The number of likely N-dealkylation sites (N-methyl/N-ethyl adjacent to an activating group) is 2. The van der Waals surface area contributed by atoms with Gasteiger partial charge in [0.05, 0.1) is 41.3 Å². The van der Waals surface area contributed by atoms with Crippen LogP contribution in [-0.4, -0.2) is 75.4 Å². The van der Waals surface area contributed by atoms with Gasteiger partial charge in [-0.2, -0.15) is 0 Å². The Bertz CT molecular complexity index is 257. The maximum absolute atomic E-state index is 5.72. The Morgan fingerprint density at radius 3 is 1.32 bits per heavy atom. The van der Waals surface area contributed by atoms with Crippen LogP contribution in [0.15, 0.2) is 0 Å². The van der Waals surface area contributed by atoms with Gasteiger partial charge in [0, 0.05) is 25.7 Å². The zero-order valence-corrected chi connectivity index (χ0v) is 16.5. The van der Waals surface area contributed by atoms with Gasteiger partial charge < -0.3 is 45.2 Å². The van der Waals surface area contributed by atoms with Crippen LogP contribution in [0.3, 0.4) is 0 Å². The number of nitrogens with zero attached hydrogens (tertiary/aromatic N) is 2. The topological polar surface area (TPSA) is 52.0 Å². The molecule has 0 aromatic carbocycles. The van der Waals surface area contributed by atoms with Crippen LogP contribution in [0.1, 0.15) is 38.5 Å². The summed E-state index contributed by atoms with van der Waals surface area (Å²) in [4.78, 5) is 0. The standard InChI is InChI=1S/C16H38N4.2ClH/c1-19(2,13-7-11-17)15-9-5-6-10-16(15)20(3,4)14-8-12-18;;/h15-16H,5-14,17-18H2,1-4H3;2*1H/q+2;;/p-2. The Labute approximate surface area is 150 Å². The molecule has 0 saturated heterocycles. The first-order valence-corrected chi connectivity index (χ1v) is 8.40. The average Bonchev–Trinajstić information content (AvgIpc) is 2.43. The Balaban J connectivity index is 0. The Morgan fingerprint density at radius 2 is 1.05 bits per heavy atom. The first-order valence-electron chi connectivity index (χ1n) is 8.40. The molecule has 6 heteroatoms. The zero-order chi connectivity index (χ0) is 15.2. The molecule has 1 aliphatic carbocycles. The highest BCUT2D eigenvalue weighted by molar-refractivity contribution is 4.78. The number of quaternary nitrogens is 2. The molecule has 1 rings (SSSR count). The molecule has 0 radical (unpaired) electrons. The monoisotopic (exact) mass is 356 g/mol. The predicted molar refractivity (Wildman–Crippen MR) is 87.3 cm³/mol. The number of nitrogens with two attached hydrogens (primary N) is 2. The molecule has 0 heterocycles. The first-order chi connectivity index (χ1) is 9.35. The van der Waals surface area contributed by atoms with Crippen LogP contribution in [0.5, 0.6) is 0 Å². The van der Waals surface area contributed by atoms with Crippen LogP contribution in [0, 0.1) is 0 Å². The lowest BCUT2D eigenvalue weighted by Crippen LogP contribution is -3.00. The van der Waals surface area contributed by atoms with Gasteiger partial charge in [-0.3, -0.25) is 0 Å². The van der Waals surface area contributed by atoms with Gasteiger partial charge in [0.2, 0.25) is 0 Å². The molecule has 0 amide bonds. The van der Waals surface area contributed by atoms with Crippen molar-refractivity contribution in [1.82, 2.24) is 0 Å². The Hall–Kier alpha value is 0.420. The maximum atomic E-state index is 5.72. The first kappa shape index (κ1) is 24.7. The molecule has 0 aromatic rings. The zero-order valence-electron chi connectivity index (χ0n) is 15.0. The van der Waals surface area contributed by atoms with Crippen molar-refractivity contribution < 1.29 is 33.8 Å². The van der Waals surface area contributed by atoms with Crippen LogP contribution in [-0.2, 0) is 0 Å². The van der Waals surface area contributed by atoms with Gasteiger partial charge >= 0.3 is 0 Å². The Kier molecular flexibility index (Phi) is 12.4. The van der Waals surface area contributed by atoms with Gasteiger partial charge in [-0.15, -0.1) is 0 Å². The van der Waals surface area contributed by atoms with Crippen molar-refractivity contribution in [2.24, 2.45) is 11.5 Å². The second-order valence-electron chi connectivity index (χ2n) is 7.71. The molecular weight excluding hydrogens is 319 g/mol. The molecule has 2 unspecified atom stereocenters. The number of rotatable bonds is 8. The van der Waals surface area contributed by atoms with Crippen molar-refractivity contribution in [3.8, 4) is 0 Å². The van der Waals surface area contributed by atoms with Gasteiger partial charge in [0.25, 0.3) is 0 Å². The van der Waals surface area contributed by atoms with Crippen molar-refractivity contribution in [2.45, 2.75) is 50.6 Å². The molecule has 1 saturated carbocycles. The molecule has 2 atom stereocenters. The normalized spacial score (nSPS) is 22.6. The predicted octanol–water partition coefficient (Wildman–Crippen LogP) is -4.84. The van der Waals surface area contributed by atoms with Crippen molar-refractivity contribution in [3.05, 3.63) is 0 Å². The molecule has 0 spiro atoms. The van der Waals surface area contributed by atoms with Gasteiger partial charge in [0.15, 0.2) is 0 Å². The molecule has 0 bridgehead atoms. The van der Waals surface area contributed by atoms with Crippen LogP contribution >= 0.6 is 0 Å². The van der Waals surface area contributed by atoms with Crippen LogP contribution in [0.4, 0.5) is 0 Å². The third-order valence-electron chi connectivity index (χ3n) is 5.37. The largest absolute Gasteiger partial charge is 1.00 e. The summed E-state index contributed by atoms with van der Waals surface area (Å²) in [5, 5.41) is 0. The van der Waals surface area contributed by atoms with Crippen molar-refractivity contribution in [3.63, 3.8) is 0 Å². The molecule has 4 nitrogen and oxygen atoms in total. The second-order valence-corrected chi connectivity index (χ2v) is 7.71. The highest BCUT2D eigenvalue weighted by Crippen LogP contribution is 2.32. The lowest BCUT2D eigenvalue weighted by molar-refractivity contribution is -0.984. The van der Waals surface area contributed by atoms with E-state index in [0.29, 0.717) is 0 Å². The van der Waals surface area contributed by atoms with Crippen molar-refractivity contribution in [2.75, 3.05) is 54.4 Å². The third kappa shape index (κ3) is 6.90. The number of hydrogen-bond acceptors (Lipinski definition) is 2. The lowest BCUT2D eigenvalue weighted by Gasteiger charge is -2.50. The van der Waals surface area contributed by atoms with Gasteiger partial charge in [-0.05, 0) is 25.9 Å². The fourth-order valence-corrected chi connectivity index (χ4v) is 4.05. The number of hydrogen-bond donors (Lipinski definition) is 2. The van der Waals surface area contributed by atoms with Crippen LogP contribution < -0.4 is 36.3 Å². The molecule has 4 N–H and O–H groups in total. The molecule has 22 heavy (non-hydrogen) atoms. The van der Waals surface area contributed by atoms with Crippen LogP contribution in [0.2, 0.25) is 0 Å². The van der Waals surface area contributed by atoms with E-state index in [4.69, 9.17) is 11.5 Å². The second kappa shape index (κ2) is 11.1. The molecule has 0 aliphatic heterocycles. The van der Waals surface area contributed by atoms with Gasteiger partial charge in [-0.1, -0.05) is 0 Å². The number of halogens is 2.